The first-order valence-corrected chi connectivity index (χ1v) is 11.6. The van der Waals surface area contributed by atoms with E-state index in [2.05, 4.69) is 15.8 Å². The van der Waals surface area contributed by atoms with Crippen molar-refractivity contribution in [3.63, 3.8) is 0 Å². The van der Waals surface area contributed by atoms with Crippen molar-refractivity contribution in [1.29, 1.82) is 0 Å². The fraction of sp³-hybridized carbons (Fsp3) is 0.348. The van der Waals surface area contributed by atoms with Gasteiger partial charge >= 0.3 is 0 Å². The van der Waals surface area contributed by atoms with Gasteiger partial charge in [0.25, 0.3) is 17.5 Å². The summed E-state index contributed by atoms with van der Waals surface area (Å²) < 4.78 is 5.37. The molecule has 0 bridgehead atoms. The van der Waals surface area contributed by atoms with E-state index in [9.17, 15) is 19.7 Å². The lowest BCUT2D eigenvalue weighted by atomic mass is 10.0. The van der Waals surface area contributed by atoms with Crippen molar-refractivity contribution in [3.05, 3.63) is 67.7 Å². The van der Waals surface area contributed by atoms with Crippen molar-refractivity contribution in [2.75, 3.05) is 31.2 Å². The summed E-state index contributed by atoms with van der Waals surface area (Å²) in [6.45, 7) is 5.89. The summed E-state index contributed by atoms with van der Waals surface area (Å²) in [6, 6.07) is 8.01. The Morgan fingerprint density at radius 3 is 2.49 bits per heavy atom. The quantitative estimate of drug-likeness (QED) is 0.310. The van der Waals surface area contributed by atoms with Gasteiger partial charge in [-0.2, -0.15) is 5.10 Å². The number of carbonyl (C=O) groups is 2. The maximum Gasteiger partial charge on any atom is 0.270 e. The number of nitro groups is 1. The van der Waals surface area contributed by atoms with Gasteiger partial charge in [-0.1, -0.05) is 37.0 Å². The van der Waals surface area contributed by atoms with Crippen LogP contribution >= 0.6 is 23.2 Å². The lowest BCUT2D eigenvalue weighted by Crippen LogP contribution is -2.48. The zero-order chi connectivity index (χ0) is 25.5. The second-order valence-corrected chi connectivity index (χ2v) is 8.97. The number of hydrazone groups is 1. The van der Waals surface area contributed by atoms with E-state index in [1.165, 1.54) is 36.5 Å². The van der Waals surface area contributed by atoms with Crippen molar-refractivity contribution in [2.45, 2.75) is 19.9 Å². The predicted octanol–water partition coefficient (Wildman–Crippen LogP) is 3.64. The maximum absolute atomic E-state index is 12.8. The van der Waals surface area contributed by atoms with Gasteiger partial charge in [-0.3, -0.25) is 19.7 Å². The number of hydrogen-bond acceptors (Lipinski definition) is 7. The molecule has 1 heterocycles. The first-order chi connectivity index (χ1) is 16.7. The Bertz CT molecular complexity index is 1140. The normalized spacial score (nSPS) is 14.7. The Hall–Kier alpha value is -3.21. The number of anilines is 1. The van der Waals surface area contributed by atoms with Crippen LogP contribution in [0.1, 0.15) is 29.8 Å². The molecule has 1 atom stereocenters. The van der Waals surface area contributed by atoms with Crippen LogP contribution < -0.4 is 15.6 Å². The molecule has 2 aromatic rings. The van der Waals surface area contributed by atoms with Crippen molar-refractivity contribution < 1.29 is 19.2 Å². The van der Waals surface area contributed by atoms with Gasteiger partial charge in [0, 0.05) is 42.0 Å². The molecule has 186 valence electrons. The Kier molecular flexibility index (Phi) is 9.02. The predicted molar refractivity (Wildman–Crippen MR) is 134 cm³/mol. The summed E-state index contributed by atoms with van der Waals surface area (Å²) in [5.74, 6) is -1.28. The second kappa shape index (κ2) is 12.0. The molecule has 1 aliphatic heterocycles. The van der Waals surface area contributed by atoms with Crippen molar-refractivity contribution in [1.82, 2.24) is 10.7 Å². The number of nitrogens with zero attached hydrogens (tertiary/aromatic N) is 3. The molecule has 0 aromatic heterocycles. The molecule has 0 spiro atoms. The van der Waals surface area contributed by atoms with Gasteiger partial charge in [0.2, 0.25) is 0 Å². The number of carbonyl (C=O) groups excluding carboxylic acids is 2. The highest BCUT2D eigenvalue weighted by Gasteiger charge is 2.25. The second-order valence-electron chi connectivity index (χ2n) is 8.16. The van der Waals surface area contributed by atoms with Crippen LogP contribution in [0.25, 0.3) is 0 Å². The molecule has 0 radical (unpaired) electrons. The minimum absolute atomic E-state index is 0.0938. The zero-order valence-electron chi connectivity index (χ0n) is 19.2. The first-order valence-electron chi connectivity index (χ1n) is 10.9. The summed E-state index contributed by atoms with van der Waals surface area (Å²) in [5, 5.41) is 18.5. The summed E-state index contributed by atoms with van der Waals surface area (Å²) in [6.07, 6.45) is 1.36. The fourth-order valence-corrected chi connectivity index (χ4v) is 3.78. The molecule has 2 N–H and O–H groups in total. The number of hydrogen-bond donors (Lipinski definition) is 2. The van der Waals surface area contributed by atoms with E-state index in [1.54, 1.807) is 19.9 Å². The Balaban J connectivity index is 1.74. The molecule has 2 aromatic carbocycles. The lowest BCUT2D eigenvalue weighted by Gasteiger charge is -2.29. The van der Waals surface area contributed by atoms with E-state index in [4.69, 9.17) is 27.9 Å². The molecule has 0 saturated carbocycles. The van der Waals surface area contributed by atoms with Crippen LogP contribution in [-0.2, 0) is 9.53 Å². The Morgan fingerprint density at radius 1 is 1.14 bits per heavy atom. The van der Waals surface area contributed by atoms with Crippen molar-refractivity contribution in [3.8, 4) is 0 Å². The lowest BCUT2D eigenvalue weighted by molar-refractivity contribution is -0.384. The van der Waals surface area contributed by atoms with Crippen LogP contribution in [0.2, 0.25) is 10.0 Å². The van der Waals surface area contributed by atoms with Crippen LogP contribution in [0.5, 0.6) is 0 Å². The molecule has 2 amide bonds. The van der Waals surface area contributed by atoms with E-state index in [0.29, 0.717) is 36.9 Å². The number of amides is 2. The Morgan fingerprint density at radius 2 is 1.86 bits per heavy atom. The molecule has 1 aliphatic rings. The van der Waals surface area contributed by atoms with E-state index in [0.717, 1.165) is 5.69 Å². The molecule has 1 saturated heterocycles. The average Bonchev–Trinajstić information content (AvgIpc) is 2.84. The topological polar surface area (TPSA) is 126 Å². The highest BCUT2D eigenvalue weighted by atomic mass is 35.5. The summed E-state index contributed by atoms with van der Waals surface area (Å²) in [4.78, 5) is 38.2. The van der Waals surface area contributed by atoms with Crippen LogP contribution in [-0.4, -0.2) is 55.3 Å². The van der Waals surface area contributed by atoms with Gasteiger partial charge in [-0.25, -0.2) is 5.43 Å². The molecular weight excluding hydrogens is 497 g/mol. The van der Waals surface area contributed by atoms with Crippen LogP contribution in [0, 0.1) is 16.0 Å². The third-order valence-corrected chi connectivity index (χ3v) is 6.11. The monoisotopic (exact) mass is 521 g/mol. The summed E-state index contributed by atoms with van der Waals surface area (Å²) in [7, 11) is 0. The molecule has 35 heavy (non-hydrogen) atoms. The van der Waals surface area contributed by atoms with E-state index in [1.807, 2.05) is 4.90 Å². The number of ether oxygens (including phenoxy) is 1. The number of nitro benzene ring substituents is 1. The van der Waals surface area contributed by atoms with Gasteiger partial charge in [0.05, 0.1) is 34.4 Å². The highest BCUT2D eigenvalue weighted by Crippen LogP contribution is 2.25. The van der Waals surface area contributed by atoms with Crippen LogP contribution in [0.15, 0.2) is 41.5 Å². The number of halogens is 2. The third-order valence-electron chi connectivity index (χ3n) is 5.37. The average molecular weight is 522 g/mol. The molecule has 10 nitrogen and oxygen atoms in total. The van der Waals surface area contributed by atoms with Crippen LogP contribution in [0.4, 0.5) is 11.4 Å². The smallest absolute Gasteiger partial charge is 0.270 e. The van der Waals surface area contributed by atoms with Crippen molar-refractivity contribution in [2.24, 2.45) is 11.0 Å². The largest absolute Gasteiger partial charge is 0.378 e. The number of nitrogens with one attached hydrogen (secondary N) is 2. The minimum Gasteiger partial charge on any atom is -0.378 e. The van der Waals surface area contributed by atoms with Gasteiger partial charge in [0.15, 0.2) is 0 Å². The highest BCUT2D eigenvalue weighted by molar-refractivity contribution is 6.42. The van der Waals surface area contributed by atoms with E-state index in [-0.39, 0.29) is 22.2 Å². The standard InChI is InChI=1S/C23H25Cl2N5O5/c1-14(2)21(27-22(31)15-3-5-18(24)19(25)12-15)23(32)28-26-13-16-11-17(30(33)34)4-6-20(16)29-7-9-35-10-8-29/h3-6,11-14,21H,7-10H2,1-2H3,(H,27,31)(H,28,32)/b26-13-. The first kappa shape index (κ1) is 26.4. The van der Waals surface area contributed by atoms with E-state index < -0.39 is 22.8 Å². The number of morpholine rings is 1. The molecule has 1 unspecified atom stereocenters. The SMILES string of the molecule is CC(C)C(NC(=O)c1ccc(Cl)c(Cl)c1)C(=O)N/N=C\c1cc([N+](=O)[O-])ccc1N1CCOCC1. The van der Waals surface area contributed by atoms with Gasteiger partial charge < -0.3 is 15.0 Å². The zero-order valence-corrected chi connectivity index (χ0v) is 20.7. The number of rotatable bonds is 8. The van der Waals surface area contributed by atoms with E-state index >= 15 is 0 Å². The Labute approximate surface area is 212 Å². The summed E-state index contributed by atoms with van der Waals surface area (Å²) in [5.41, 5.74) is 3.80. The number of non-ortho nitro benzene ring substituents is 1. The molecule has 3 rings (SSSR count). The minimum atomic E-state index is -0.891. The maximum atomic E-state index is 12.8. The van der Waals surface area contributed by atoms with Gasteiger partial charge in [-0.15, -0.1) is 0 Å². The number of benzene rings is 2. The molecule has 1 fully saturated rings. The molecule has 12 heteroatoms. The molecule has 0 aliphatic carbocycles. The van der Waals surface area contributed by atoms with Crippen LogP contribution in [0.3, 0.4) is 0 Å². The third kappa shape index (κ3) is 6.91. The molecular formula is C23H25Cl2N5O5. The fourth-order valence-electron chi connectivity index (χ4n) is 3.48. The van der Waals surface area contributed by atoms with Gasteiger partial charge in [0.1, 0.15) is 6.04 Å². The van der Waals surface area contributed by atoms with Crippen molar-refractivity contribution >= 4 is 52.6 Å². The van der Waals surface area contributed by atoms with Gasteiger partial charge in [-0.05, 0) is 30.2 Å². The summed E-state index contributed by atoms with van der Waals surface area (Å²) >= 11 is 11.9.